The molecule has 64 heavy (non-hydrogen) atoms. The van der Waals surface area contributed by atoms with Gasteiger partial charge >= 0.3 is 17.9 Å². The first-order chi connectivity index (χ1) is 31.5. The lowest BCUT2D eigenvalue weighted by molar-refractivity contribution is -0.167. The zero-order valence-electron chi connectivity index (χ0n) is 42.8. The lowest BCUT2D eigenvalue weighted by Gasteiger charge is -2.18. The maximum Gasteiger partial charge on any atom is 0.306 e. The first-order valence-corrected chi connectivity index (χ1v) is 28.0. The Labute approximate surface area is 397 Å². The number of carbonyl (C=O) groups excluding carboxylic acids is 3. The quantitative estimate of drug-likeness (QED) is 0.0262. The highest BCUT2D eigenvalue weighted by Gasteiger charge is 2.19. The van der Waals surface area contributed by atoms with Crippen LogP contribution in [0.25, 0.3) is 0 Å². The van der Waals surface area contributed by atoms with Gasteiger partial charge in [0.2, 0.25) is 0 Å². The van der Waals surface area contributed by atoms with Gasteiger partial charge in [-0.3, -0.25) is 14.4 Å². The predicted octanol–water partition coefficient (Wildman–Crippen LogP) is 18.5. The fraction of sp³-hybridized carbons (Fsp3) is 0.845. The maximum atomic E-state index is 12.8. The maximum absolute atomic E-state index is 12.8. The summed E-state index contributed by atoms with van der Waals surface area (Å²) in [6.07, 6.45) is 62.7. The molecule has 0 bridgehead atoms. The Balaban J connectivity index is 4.36. The summed E-state index contributed by atoms with van der Waals surface area (Å²) in [7, 11) is 0. The van der Waals surface area contributed by atoms with Crippen molar-refractivity contribution in [3.05, 3.63) is 36.5 Å². The van der Waals surface area contributed by atoms with Crippen LogP contribution >= 0.6 is 0 Å². The Morgan fingerprint density at radius 2 is 0.562 bits per heavy atom. The summed E-state index contributed by atoms with van der Waals surface area (Å²) >= 11 is 0. The molecular formula is C58H106O6. The van der Waals surface area contributed by atoms with Crippen molar-refractivity contribution in [2.75, 3.05) is 13.2 Å². The van der Waals surface area contributed by atoms with Crippen LogP contribution in [0.1, 0.15) is 297 Å². The lowest BCUT2D eigenvalue weighted by atomic mass is 10.0. The normalized spacial score (nSPS) is 12.2. The fourth-order valence-corrected chi connectivity index (χ4v) is 8.12. The van der Waals surface area contributed by atoms with E-state index in [4.69, 9.17) is 14.2 Å². The van der Waals surface area contributed by atoms with E-state index in [1.165, 1.54) is 180 Å². The van der Waals surface area contributed by atoms with Gasteiger partial charge in [-0.1, -0.05) is 237 Å². The zero-order chi connectivity index (χ0) is 46.5. The number of carbonyl (C=O) groups is 3. The lowest BCUT2D eigenvalue weighted by Crippen LogP contribution is -2.30. The molecule has 374 valence electrons. The van der Waals surface area contributed by atoms with Crippen molar-refractivity contribution in [1.29, 1.82) is 0 Å². The van der Waals surface area contributed by atoms with Crippen LogP contribution in [-0.4, -0.2) is 37.2 Å². The van der Waals surface area contributed by atoms with Gasteiger partial charge < -0.3 is 14.2 Å². The SMILES string of the molecule is CCCCC/C=C/C/C=C/CCCCCCCCCC(=O)OC[C@@H](COC(=O)CCCCCCC/C=C/CCCCCCC)OC(=O)CCCCCCCCCCCCCCCCC. The fourth-order valence-electron chi connectivity index (χ4n) is 8.12. The Morgan fingerprint density at radius 1 is 0.312 bits per heavy atom. The molecule has 0 amide bonds. The molecule has 6 nitrogen and oxygen atoms in total. The molecule has 0 aromatic heterocycles. The Bertz CT molecular complexity index is 1080. The first-order valence-electron chi connectivity index (χ1n) is 28.0. The van der Waals surface area contributed by atoms with Gasteiger partial charge in [-0.2, -0.15) is 0 Å². The van der Waals surface area contributed by atoms with Crippen molar-refractivity contribution in [3.63, 3.8) is 0 Å². The minimum absolute atomic E-state index is 0.0757. The molecule has 0 rings (SSSR count). The molecule has 0 aliphatic rings. The second kappa shape index (κ2) is 53.2. The van der Waals surface area contributed by atoms with Crippen LogP contribution in [0.15, 0.2) is 36.5 Å². The van der Waals surface area contributed by atoms with Crippen molar-refractivity contribution < 1.29 is 28.6 Å². The molecule has 1 atom stereocenters. The number of allylic oxidation sites excluding steroid dienone is 6. The summed E-state index contributed by atoms with van der Waals surface area (Å²) in [4.78, 5) is 38.1. The molecule has 0 fully saturated rings. The molecule has 0 radical (unpaired) electrons. The largest absolute Gasteiger partial charge is 0.462 e. The molecule has 0 aliphatic carbocycles. The van der Waals surface area contributed by atoms with E-state index in [-0.39, 0.29) is 31.1 Å². The number of hydrogen-bond donors (Lipinski definition) is 0. The molecule has 0 saturated heterocycles. The third-order valence-electron chi connectivity index (χ3n) is 12.4. The van der Waals surface area contributed by atoms with E-state index in [1.54, 1.807) is 0 Å². The van der Waals surface area contributed by atoms with E-state index in [0.717, 1.165) is 77.0 Å². The highest BCUT2D eigenvalue weighted by molar-refractivity contribution is 5.71. The Morgan fingerprint density at radius 3 is 0.906 bits per heavy atom. The number of unbranched alkanes of at least 4 members (excludes halogenated alkanes) is 34. The second-order valence-electron chi connectivity index (χ2n) is 18.8. The van der Waals surface area contributed by atoms with E-state index in [2.05, 4.69) is 57.2 Å². The Kier molecular flexibility index (Phi) is 51.3. The first kappa shape index (κ1) is 61.6. The standard InChI is InChI=1S/C58H106O6/c1-4-7-10-13-16-19-22-25-28-29-31-33-36-39-42-45-48-51-57(60)63-54-55(53-62-56(59)50-47-44-41-38-35-32-27-24-21-18-15-12-9-6-3)64-58(61)52-49-46-43-40-37-34-30-26-23-20-17-14-11-8-5-2/h16,19,24-25,27-28,55H,4-15,17-18,20-23,26,29-54H2,1-3H3/b19-16+,27-24+,28-25+/t55-/m1/s1. The van der Waals surface area contributed by atoms with Crippen molar-refractivity contribution in [1.82, 2.24) is 0 Å². The molecular weight excluding hydrogens is 793 g/mol. The number of rotatable bonds is 51. The van der Waals surface area contributed by atoms with Gasteiger partial charge in [-0.25, -0.2) is 0 Å². The molecule has 0 heterocycles. The second-order valence-corrected chi connectivity index (χ2v) is 18.8. The van der Waals surface area contributed by atoms with Crippen LogP contribution in [0.5, 0.6) is 0 Å². The molecule has 6 heteroatoms. The molecule has 0 unspecified atom stereocenters. The minimum Gasteiger partial charge on any atom is -0.462 e. The Hall–Kier alpha value is -2.37. The summed E-state index contributed by atoms with van der Waals surface area (Å²) in [5.74, 6) is -0.876. The number of hydrogen-bond acceptors (Lipinski definition) is 6. The van der Waals surface area contributed by atoms with Crippen LogP contribution in [-0.2, 0) is 28.6 Å². The molecule has 0 saturated carbocycles. The van der Waals surface area contributed by atoms with E-state index >= 15 is 0 Å². The summed E-state index contributed by atoms with van der Waals surface area (Å²) in [5, 5.41) is 0. The predicted molar refractivity (Wildman–Crippen MR) is 275 cm³/mol. The van der Waals surface area contributed by atoms with Crippen LogP contribution in [0.2, 0.25) is 0 Å². The van der Waals surface area contributed by atoms with E-state index in [9.17, 15) is 14.4 Å². The molecule has 0 aromatic carbocycles. The highest BCUT2D eigenvalue weighted by Crippen LogP contribution is 2.16. The van der Waals surface area contributed by atoms with Crippen molar-refractivity contribution in [2.45, 2.75) is 303 Å². The number of ether oxygens (including phenoxy) is 3. The van der Waals surface area contributed by atoms with Crippen LogP contribution in [0, 0.1) is 0 Å². The van der Waals surface area contributed by atoms with Crippen LogP contribution in [0.3, 0.4) is 0 Å². The van der Waals surface area contributed by atoms with Crippen LogP contribution < -0.4 is 0 Å². The topological polar surface area (TPSA) is 78.9 Å². The summed E-state index contributed by atoms with van der Waals surface area (Å²) in [6.45, 7) is 6.63. The highest BCUT2D eigenvalue weighted by atomic mass is 16.6. The molecule has 0 N–H and O–H groups in total. The van der Waals surface area contributed by atoms with Gasteiger partial charge in [-0.15, -0.1) is 0 Å². The van der Waals surface area contributed by atoms with Crippen molar-refractivity contribution in [2.24, 2.45) is 0 Å². The number of esters is 3. The van der Waals surface area contributed by atoms with Gasteiger partial charge in [0, 0.05) is 19.3 Å². The van der Waals surface area contributed by atoms with Gasteiger partial charge in [0.15, 0.2) is 6.10 Å². The van der Waals surface area contributed by atoms with Gasteiger partial charge in [-0.05, 0) is 77.0 Å². The summed E-state index contributed by atoms with van der Waals surface area (Å²) in [6, 6.07) is 0. The van der Waals surface area contributed by atoms with Gasteiger partial charge in [0.1, 0.15) is 13.2 Å². The van der Waals surface area contributed by atoms with E-state index in [0.29, 0.717) is 19.3 Å². The van der Waals surface area contributed by atoms with Gasteiger partial charge in [0.25, 0.3) is 0 Å². The molecule has 0 aromatic rings. The monoisotopic (exact) mass is 899 g/mol. The summed E-state index contributed by atoms with van der Waals surface area (Å²) < 4.78 is 16.8. The smallest absolute Gasteiger partial charge is 0.306 e. The minimum atomic E-state index is -0.775. The molecule has 0 spiro atoms. The van der Waals surface area contributed by atoms with Crippen molar-refractivity contribution in [3.8, 4) is 0 Å². The van der Waals surface area contributed by atoms with E-state index in [1.807, 2.05) is 0 Å². The summed E-state index contributed by atoms with van der Waals surface area (Å²) in [5.41, 5.74) is 0. The zero-order valence-corrected chi connectivity index (χ0v) is 42.8. The molecule has 0 aliphatic heterocycles. The van der Waals surface area contributed by atoms with Crippen LogP contribution in [0.4, 0.5) is 0 Å². The average molecular weight is 899 g/mol. The van der Waals surface area contributed by atoms with E-state index < -0.39 is 6.10 Å². The third-order valence-corrected chi connectivity index (χ3v) is 12.4. The van der Waals surface area contributed by atoms with Crippen molar-refractivity contribution >= 4 is 17.9 Å². The third kappa shape index (κ3) is 50.6. The van der Waals surface area contributed by atoms with Gasteiger partial charge in [0.05, 0.1) is 0 Å². The average Bonchev–Trinajstić information content (AvgIpc) is 3.29.